The third kappa shape index (κ3) is 6.21. The smallest absolute Gasteiger partial charge is 0.408 e. The fourth-order valence-corrected chi connectivity index (χ4v) is 2.05. The number of carbonyl (C=O) groups excluding carboxylic acids is 2. The van der Waals surface area contributed by atoms with Gasteiger partial charge >= 0.3 is 6.09 Å². The molecule has 0 spiro atoms. The Balaban J connectivity index is 2.19. The molecule has 0 saturated heterocycles. The number of hydrogen-bond acceptors (Lipinski definition) is 6. The average Bonchev–Trinajstić information content (AvgIpc) is 2.59. The number of halogens is 1. The van der Waals surface area contributed by atoms with E-state index in [9.17, 15) is 14.0 Å². The number of rotatable bonds is 5. The molecule has 1 heterocycles. The van der Waals surface area contributed by atoms with Crippen molar-refractivity contribution in [2.45, 2.75) is 39.3 Å². The number of nitrogens with one attached hydrogen (secondary N) is 2. The Bertz CT molecular complexity index is 778. The Hall–Kier alpha value is -3.23. The first kappa shape index (κ1) is 20.1. The van der Waals surface area contributed by atoms with E-state index in [1.165, 1.54) is 49.8 Å². The van der Waals surface area contributed by atoms with E-state index in [1.54, 1.807) is 20.8 Å². The van der Waals surface area contributed by atoms with Crippen LogP contribution in [0.3, 0.4) is 0 Å². The highest BCUT2D eigenvalue weighted by atomic mass is 19.1. The zero-order valence-electron chi connectivity index (χ0n) is 15.6. The van der Waals surface area contributed by atoms with Crippen LogP contribution >= 0.6 is 0 Å². The van der Waals surface area contributed by atoms with Crippen LogP contribution in [0.4, 0.5) is 20.7 Å². The molecule has 0 aliphatic carbocycles. The molecule has 2 aromatic rings. The number of carbonyl (C=O) groups is 2. The van der Waals surface area contributed by atoms with Gasteiger partial charge in [-0.1, -0.05) is 0 Å². The molecule has 27 heavy (non-hydrogen) atoms. The van der Waals surface area contributed by atoms with Gasteiger partial charge in [-0.3, -0.25) is 15.2 Å². The van der Waals surface area contributed by atoms with Gasteiger partial charge in [0, 0.05) is 12.4 Å². The molecule has 0 aliphatic heterocycles. The van der Waals surface area contributed by atoms with E-state index in [0.29, 0.717) is 11.5 Å². The summed E-state index contributed by atoms with van der Waals surface area (Å²) in [7, 11) is 0. The molecule has 0 fully saturated rings. The third-order valence-corrected chi connectivity index (χ3v) is 3.20. The van der Waals surface area contributed by atoms with E-state index >= 15 is 0 Å². The van der Waals surface area contributed by atoms with E-state index in [-0.39, 0.29) is 0 Å². The molecular formula is C18H22FN5O3. The number of alkyl carbamates (subject to hydrolysis) is 1. The first-order chi connectivity index (χ1) is 12.7. The Morgan fingerprint density at radius 1 is 1.19 bits per heavy atom. The lowest BCUT2D eigenvalue weighted by Gasteiger charge is -2.27. The lowest BCUT2D eigenvalue weighted by atomic mass is 10.2. The zero-order chi connectivity index (χ0) is 20.0. The summed E-state index contributed by atoms with van der Waals surface area (Å²) in [5.74, 6) is -0.636. The maximum Gasteiger partial charge on any atom is 0.408 e. The molecule has 144 valence electrons. The number of hydrazine groups is 1. The predicted molar refractivity (Wildman–Crippen MR) is 98.4 cm³/mol. The number of ether oxygens (including phenoxy) is 1. The molecule has 1 aromatic heterocycles. The number of benzene rings is 1. The van der Waals surface area contributed by atoms with E-state index in [4.69, 9.17) is 4.74 Å². The van der Waals surface area contributed by atoms with Crippen LogP contribution in [0.15, 0.2) is 42.9 Å². The molecule has 0 aliphatic rings. The number of anilines is 2. The van der Waals surface area contributed by atoms with Crippen LogP contribution < -0.4 is 15.8 Å². The van der Waals surface area contributed by atoms with Crippen LogP contribution in [0, 0.1) is 5.82 Å². The van der Waals surface area contributed by atoms with E-state index < -0.39 is 29.5 Å². The topological polar surface area (TPSA) is 96.5 Å². The van der Waals surface area contributed by atoms with Crippen molar-refractivity contribution in [1.29, 1.82) is 0 Å². The molecule has 0 unspecified atom stereocenters. The van der Waals surface area contributed by atoms with Crippen molar-refractivity contribution in [1.82, 2.24) is 15.3 Å². The van der Waals surface area contributed by atoms with Gasteiger partial charge in [-0.05, 0) is 52.0 Å². The van der Waals surface area contributed by atoms with Gasteiger partial charge in [0.25, 0.3) is 5.91 Å². The molecule has 0 bridgehead atoms. The summed E-state index contributed by atoms with van der Waals surface area (Å²) >= 11 is 0. The fraction of sp³-hybridized carbons (Fsp3) is 0.333. The van der Waals surface area contributed by atoms with Gasteiger partial charge < -0.3 is 10.1 Å². The first-order valence-electron chi connectivity index (χ1n) is 8.27. The molecule has 2 N–H and O–H groups in total. The van der Waals surface area contributed by atoms with E-state index in [1.807, 2.05) is 0 Å². The van der Waals surface area contributed by atoms with Crippen molar-refractivity contribution in [2.75, 3.05) is 10.4 Å². The minimum absolute atomic E-state index is 0.305. The molecule has 1 aromatic carbocycles. The second-order valence-corrected chi connectivity index (χ2v) is 6.72. The summed E-state index contributed by atoms with van der Waals surface area (Å²) in [6, 6.07) is 4.38. The van der Waals surface area contributed by atoms with Crippen LogP contribution in [0.1, 0.15) is 27.7 Å². The Morgan fingerprint density at radius 2 is 1.85 bits per heavy atom. The molecule has 0 radical (unpaired) electrons. The zero-order valence-corrected chi connectivity index (χ0v) is 15.6. The van der Waals surface area contributed by atoms with Gasteiger partial charge in [-0.15, -0.1) is 0 Å². The molecule has 1 atom stereocenters. The van der Waals surface area contributed by atoms with Crippen molar-refractivity contribution in [3.05, 3.63) is 48.7 Å². The quantitative estimate of drug-likeness (QED) is 0.780. The maximum atomic E-state index is 13.2. The number of nitrogens with zero attached hydrogens (tertiary/aromatic N) is 3. The fourth-order valence-electron chi connectivity index (χ4n) is 2.05. The van der Waals surface area contributed by atoms with Gasteiger partial charge in [0.15, 0.2) is 5.82 Å². The van der Waals surface area contributed by atoms with Crippen molar-refractivity contribution < 1.29 is 18.7 Å². The summed E-state index contributed by atoms with van der Waals surface area (Å²) in [4.78, 5) is 32.8. The normalized spacial score (nSPS) is 12.0. The van der Waals surface area contributed by atoms with Crippen molar-refractivity contribution >= 4 is 23.5 Å². The van der Waals surface area contributed by atoms with Gasteiger partial charge in [-0.2, -0.15) is 0 Å². The number of aromatic nitrogens is 2. The monoisotopic (exact) mass is 375 g/mol. The van der Waals surface area contributed by atoms with Crippen LogP contribution in [-0.2, 0) is 9.53 Å². The average molecular weight is 375 g/mol. The van der Waals surface area contributed by atoms with Gasteiger partial charge in [0.05, 0.1) is 11.9 Å². The van der Waals surface area contributed by atoms with Crippen LogP contribution in [-0.4, -0.2) is 33.6 Å². The lowest BCUT2D eigenvalue weighted by Crippen LogP contribution is -2.50. The molecule has 9 heteroatoms. The minimum Gasteiger partial charge on any atom is -0.444 e. The van der Waals surface area contributed by atoms with Crippen LogP contribution in [0.2, 0.25) is 0 Å². The van der Waals surface area contributed by atoms with Crippen LogP contribution in [0.5, 0.6) is 0 Å². The molecular weight excluding hydrogens is 353 g/mol. The Morgan fingerprint density at radius 3 is 2.41 bits per heavy atom. The largest absolute Gasteiger partial charge is 0.444 e. The number of amides is 2. The molecule has 2 amide bonds. The van der Waals surface area contributed by atoms with Crippen molar-refractivity contribution in [2.24, 2.45) is 0 Å². The standard InChI is InChI=1S/C18H22FN5O3/c1-12(22-17(26)27-18(2,3)4)16(25)24(14-7-5-13(19)6-8-14)23-15-11-20-9-10-21-15/h5-12H,1-4H3,(H,21,23)(H,22,26)/t12-/m0/s1. The highest BCUT2D eigenvalue weighted by Crippen LogP contribution is 2.17. The van der Waals surface area contributed by atoms with Gasteiger partial charge in [0.2, 0.25) is 0 Å². The van der Waals surface area contributed by atoms with Crippen LogP contribution in [0.25, 0.3) is 0 Å². The van der Waals surface area contributed by atoms with E-state index in [2.05, 4.69) is 20.7 Å². The second kappa shape index (κ2) is 8.43. The lowest BCUT2D eigenvalue weighted by molar-refractivity contribution is -0.120. The summed E-state index contributed by atoms with van der Waals surface area (Å²) in [5, 5.41) is 3.64. The highest BCUT2D eigenvalue weighted by molar-refractivity contribution is 5.99. The van der Waals surface area contributed by atoms with E-state index in [0.717, 1.165) is 5.01 Å². The number of hydrogen-bond donors (Lipinski definition) is 2. The summed E-state index contributed by atoms with van der Waals surface area (Å²) < 4.78 is 18.4. The van der Waals surface area contributed by atoms with Crippen molar-refractivity contribution in [3.63, 3.8) is 0 Å². The Labute approximate surface area is 156 Å². The van der Waals surface area contributed by atoms with Crippen molar-refractivity contribution in [3.8, 4) is 0 Å². The maximum absolute atomic E-state index is 13.2. The molecule has 2 rings (SSSR count). The summed E-state index contributed by atoms with van der Waals surface area (Å²) in [6.45, 7) is 6.68. The third-order valence-electron chi connectivity index (χ3n) is 3.20. The Kier molecular flexibility index (Phi) is 6.27. The summed E-state index contributed by atoms with van der Waals surface area (Å²) in [5.41, 5.74) is 2.49. The highest BCUT2D eigenvalue weighted by Gasteiger charge is 2.26. The second-order valence-electron chi connectivity index (χ2n) is 6.72. The molecule has 0 saturated carbocycles. The summed E-state index contributed by atoms with van der Waals surface area (Å²) in [6.07, 6.45) is 3.65. The van der Waals surface area contributed by atoms with Gasteiger partial charge in [0.1, 0.15) is 17.5 Å². The molecule has 8 nitrogen and oxygen atoms in total. The predicted octanol–water partition coefficient (Wildman–Crippen LogP) is 2.89. The first-order valence-corrected chi connectivity index (χ1v) is 8.27. The minimum atomic E-state index is -0.922. The SMILES string of the molecule is C[C@H](NC(=O)OC(C)(C)C)C(=O)N(Nc1cnccn1)c1ccc(F)cc1. The van der Waals surface area contributed by atoms with Gasteiger partial charge in [-0.25, -0.2) is 19.2 Å².